The summed E-state index contributed by atoms with van der Waals surface area (Å²) in [4.78, 5) is 28.5. The topological polar surface area (TPSA) is 81.7 Å². The Hall–Kier alpha value is -3.88. The van der Waals surface area contributed by atoms with Gasteiger partial charge in [-0.3, -0.25) is 9.59 Å². The lowest BCUT2D eigenvalue weighted by atomic mass is 9.99. The van der Waals surface area contributed by atoms with Crippen LogP contribution in [0.3, 0.4) is 0 Å². The van der Waals surface area contributed by atoms with Gasteiger partial charge in [-0.2, -0.15) is 0 Å². The average Bonchev–Trinajstić information content (AvgIpc) is 2.96. The SMILES string of the molecule is C/C=C/c1cccc(CNC[C@H](O)[C@@H](Cc2cc(F)cc(F)c2)NC(=O)c2cc(C)cc(C(=O)N(CCC)CCC)c2)c1. The van der Waals surface area contributed by atoms with E-state index in [0.717, 1.165) is 35.6 Å². The Morgan fingerprint density at radius 1 is 0.930 bits per heavy atom. The number of carbonyl (C=O) groups is 2. The van der Waals surface area contributed by atoms with Crippen molar-refractivity contribution in [2.75, 3.05) is 19.6 Å². The lowest BCUT2D eigenvalue weighted by Gasteiger charge is -2.25. The summed E-state index contributed by atoms with van der Waals surface area (Å²) in [6.07, 6.45) is 4.51. The van der Waals surface area contributed by atoms with E-state index in [9.17, 15) is 23.5 Å². The van der Waals surface area contributed by atoms with Crippen molar-refractivity contribution in [3.05, 3.63) is 112 Å². The molecule has 0 aliphatic rings. The van der Waals surface area contributed by atoms with Gasteiger partial charge in [-0.15, -0.1) is 0 Å². The molecule has 0 fully saturated rings. The molecule has 2 atom stereocenters. The number of aliphatic hydroxyl groups excluding tert-OH is 1. The van der Waals surface area contributed by atoms with Crippen molar-refractivity contribution in [3.8, 4) is 0 Å². The summed E-state index contributed by atoms with van der Waals surface area (Å²) < 4.78 is 28.0. The Bertz CT molecular complexity index is 1380. The largest absolute Gasteiger partial charge is 0.390 e. The maximum absolute atomic E-state index is 14.0. The number of halogens is 2. The van der Waals surface area contributed by atoms with Crippen LogP contribution in [0.1, 0.15) is 76.6 Å². The number of carbonyl (C=O) groups excluding carboxylic acids is 2. The second kappa shape index (κ2) is 16.7. The summed E-state index contributed by atoms with van der Waals surface area (Å²) in [7, 11) is 0. The van der Waals surface area contributed by atoms with Gasteiger partial charge >= 0.3 is 0 Å². The molecule has 3 rings (SSSR count). The first-order chi connectivity index (χ1) is 20.6. The molecular weight excluding hydrogens is 548 g/mol. The molecule has 0 aliphatic carbocycles. The van der Waals surface area contributed by atoms with Gasteiger partial charge in [0, 0.05) is 43.4 Å². The van der Waals surface area contributed by atoms with Gasteiger partial charge in [-0.25, -0.2) is 8.78 Å². The third-order valence-electron chi connectivity index (χ3n) is 7.01. The van der Waals surface area contributed by atoms with E-state index in [1.165, 1.54) is 12.1 Å². The van der Waals surface area contributed by atoms with Gasteiger partial charge < -0.3 is 20.6 Å². The molecule has 0 radical (unpaired) electrons. The van der Waals surface area contributed by atoms with E-state index in [1.54, 1.807) is 23.1 Å². The number of rotatable bonds is 15. The second-order valence-electron chi connectivity index (χ2n) is 10.9. The van der Waals surface area contributed by atoms with Gasteiger partial charge in [0.2, 0.25) is 0 Å². The summed E-state index contributed by atoms with van der Waals surface area (Å²) in [6.45, 7) is 9.62. The Morgan fingerprint density at radius 3 is 2.26 bits per heavy atom. The summed E-state index contributed by atoms with van der Waals surface area (Å²) in [6, 6.07) is 15.2. The van der Waals surface area contributed by atoms with E-state index in [2.05, 4.69) is 10.6 Å². The first-order valence-electron chi connectivity index (χ1n) is 14.9. The molecule has 0 saturated carbocycles. The predicted molar refractivity (Wildman–Crippen MR) is 168 cm³/mol. The minimum atomic E-state index is -1.08. The molecule has 0 aliphatic heterocycles. The van der Waals surface area contributed by atoms with Crippen LogP contribution in [0.4, 0.5) is 8.78 Å². The summed E-state index contributed by atoms with van der Waals surface area (Å²) in [5.74, 6) is -2.11. The van der Waals surface area contributed by atoms with Crippen molar-refractivity contribution in [1.29, 1.82) is 0 Å². The Kier molecular flexibility index (Phi) is 13.0. The lowest BCUT2D eigenvalue weighted by molar-refractivity contribution is 0.0755. The predicted octanol–water partition coefficient (Wildman–Crippen LogP) is 6.06. The summed E-state index contributed by atoms with van der Waals surface area (Å²) >= 11 is 0. The van der Waals surface area contributed by atoms with Crippen molar-refractivity contribution < 1.29 is 23.5 Å². The van der Waals surface area contributed by atoms with Gasteiger partial charge in [0.05, 0.1) is 12.1 Å². The van der Waals surface area contributed by atoms with E-state index >= 15 is 0 Å². The van der Waals surface area contributed by atoms with Crippen molar-refractivity contribution >= 4 is 17.9 Å². The molecule has 0 bridgehead atoms. The van der Waals surface area contributed by atoms with Crippen LogP contribution in [0.5, 0.6) is 0 Å². The molecule has 43 heavy (non-hydrogen) atoms. The van der Waals surface area contributed by atoms with Crippen molar-refractivity contribution in [1.82, 2.24) is 15.5 Å². The van der Waals surface area contributed by atoms with Gasteiger partial charge in [0.15, 0.2) is 0 Å². The highest BCUT2D eigenvalue weighted by Gasteiger charge is 2.24. The van der Waals surface area contributed by atoms with Gasteiger partial charge in [-0.05, 0) is 85.7 Å². The average molecular weight is 592 g/mol. The van der Waals surface area contributed by atoms with E-state index in [-0.39, 0.29) is 24.4 Å². The smallest absolute Gasteiger partial charge is 0.253 e. The Labute approximate surface area is 253 Å². The molecule has 0 heterocycles. The number of amides is 2. The molecule has 0 spiro atoms. The van der Waals surface area contributed by atoms with E-state index in [0.29, 0.717) is 30.8 Å². The molecule has 0 unspecified atom stereocenters. The minimum Gasteiger partial charge on any atom is -0.390 e. The highest BCUT2D eigenvalue weighted by molar-refractivity contribution is 6.00. The molecule has 3 aromatic carbocycles. The minimum absolute atomic E-state index is 0.00156. The fourth-order valence-corrected chi connectivity index (χ4v) is 5.10. The zero-order chi connectivity index (χ0) is 31.4. The Balaban J connectivity index is 1.80. The van der Waals surface area contributed by atoms with Crippen LogP contribution in [-0.2, 0) is 13.0 Å². The van der Waals surface area contributed by atoms with E-state index in [4.69, 9.17) is 0 Å². The monoisotopic (exact) mass is 591 g/mol. The Morgan fingerprint density at radius 2 is 1.60 bits per heavy atom. The van der Waals surface area contributed by atoms with Gasteiger partial charge in [-0.1, -0.05) is 50.3 Å². The normalized spacial score (nSPS) is 12.7. The molecule has 230 valence electrons. The maximum atomic E-state index is 14.0. The van der Waals surface area contributed by atoms with Crippen LogP contribution in [0.15, 0.2) is 66.7 Å². The number of allylic oxidation sites excluding steroid dienone is 1. The number of hydrogen-bond acceptors (Lipinski definition) is 4. The molecule has 6 nitrogen and oxygen atoms in total. The zero-order valence-electron chi connectivity index (χ0n) is 25.5. The van der Waals surface area contributed by atoms with Crippen LogP contribution in [-0.4, -0.2) is 53.6 Å². The third-order valence-corrected chi connectivity index (χ3v) is 7.01. The van der Waals surface area contributed by atoms with Crippen LogP contribution >= 0.6 is 0 Å². The summed E-state index contributed by atoms with van der Waals surface area (Å²) in [5.41, 5.74) is 3.81. The number of benzene rings is 3. The highest BCUT2D eigenvalue weighted by Crippen LogP contribution is 2.16. The fraction of sp³-hybridized carbons (Fsp3) is 0.371. The van der Waals surface area contributed by atoms with Crippen LogP contribution in [0.25, 0.3) is 6.08 Å². The van der Waals surface area contributed by atoms with Crippen LogP contribution in [0, 0.1) is 18.6 Å². The van der Waals surface area contributed by atoms with E-state index in [1.807, 2.05) is 64.1 Å². The van der Waals surface area contributed by atoms with Crippen LogP contribution in [0.2, 0.25) is 0 Å². The number of aliphatic hydroxyl groups is 1. The van der Waals surface area contributed by atoms with Gasteiger partial charge in [0.1, 0.15) is 11.6 Å². The first-order valence-corrected chi connectivity index (χ1v) is 14.9. The molecule has 0 saturated heterocycles. The van der Waals surface area contributed by atoms with Crippen molar-refractivity contribution in [2.24, 2.45) is 0 Å². The lowest BCUT2D eigenvalue weighted by Crippen LogP contribution is -2.48. The third kappa shape index (κ3) is 10.4. The quantitative estimate of drug-likeness (QED) is 0.201. The maximum Gasteiger partial charge on any atom is 0.253 e. The van der Waals surface area contributed by atoms with Crippen LogP contribution < -0.4 is 10.6 Å². The molecule has 2 amide bonds. The fourth-order valence-electron chi connectivity index (χ4n) is 5.10. The van der Waals surface area contributed by atoms with Crippen molar-refractivity contribution in [3.63, 3.8) is 0 Å². The number of hydrogen-bond donors (Lipinski definition) is 3. The highest BCUT2D eigenvalue weighted by atomic mass is 19.1. The second-order valence-corrected chi connectivity index (χ2v) is 10.9. The number of nitrogens with one attached hydrogen (secondary N) is 2. The zero-order valence-corrected chi connectivity index (χ0v) is 25.5. The summed E-state index contributed by atoms with van der Waals surface area (Å²) in [5, 5.41) is 17.3. The standard InChI is InChI=1S/C35H43F2N3O3/c1-5-9-25-10-8-11-26(16-25)22-38-23-33(41)32(19-27-17-30(36)21-31(37)18-27)39-34(42)28-14-24(4)15-29(20-28)35(43)40(12-6-2)13-7-3/h5,8-11,14-18,20-21,32-33,38,41H,6-7,12-13,19,22-23H2,1-4H3,(H,39,42)/b9-5+/t32-,33+/m1/s1. The molecule has 8 heteroatoms. The molecule has 3 aromatic rings. The molecule has 3 N–H and O–H groups in total. The number of nitrogens with zero attached hydrogens (tertiary/aromatic N) is 1. The van der Waals surface area contributed by atoms with Gasteiger partial charge in [0.25, 0.3) is 11.8 Å². The van der Waals surface area contributed by atoms with E-state index < -0.39 is 29.7 Å². The molecule has 0 aromatic heterocycles. The first kappa shape index (κ1) is 33.6. The number of aryl methyl sites for hydroxylation is 1. The van der Waals surface area contributed by atoms with Crippen molar-refractivity contribution in [2.45, 2.75) is 65.6 Å². The molecular formula is C35H43F2N3O3.